The van der Waals surface area contributed by atoms with E-state index in [2.05, 4.69) is 26.5 Å². The van der Waals surface area contributed by atoms with Crippen molar-refractivity contribution in [1.29, 1.82) is 0 Å². The number of terminal acetylenes is 1. The van der Waals surface area contributed by atoms with Crippen LogP contribution >= 0.6 is 0 Å². The molecule has 7 nitrogen and oxygen atoms in total. The number of nitrogens with zero attached hydrogens (tertiary/aromatic N) is 1. The number of aromatic nitrogens is 2. The first kappa shape index (κ1) is 12.6. The maximum absolute atomic E-state index is 11.3. The minimum Gasteiger partial charge on any atom is -0.480 e. The monoisotopic (exact) mass is 236 g/mol. The minimum absolute atomic E-state index is 0.0627. The lowest BCUT2D eigenvalue weighted by Crippen LogP contribution is -2.45. The Hall–Kier alpha value is -2.49. The topological polar surface area (TPSA) is 107 Å². The van der Waals surface area contributed by atoms with Crippen LogP contribution < -0.4 is 10.6 Å². The molecule has 0 aliphatic carbocycles. The molecule has 1 unspecified atom stereocenters. The summed E-state index contributed by atoms with van der Waals surface area (Å²) in [6.07, 6.45) is 7.96. The molecule has 1 aromatic rings. The molecule has 0 saturated heterocycles. The lowest BCUT2D eigenvalue weighted by Gasteiger charge is -2.12. The zero-order chi connectivity index (χ0) is 12.7. The summed E-state index contributed by atoms with van der Waals surface area (Å²) in [6.45, 7) is 0.230. The van der Waals surface area contributed by atoms with Gasteiger partial charge in [-0.15, -0.1) is 12.3 Å². The predicted molar refractivity (Wildman–Crippen MR) is 58.8 cm³/mol. The van der Waals surface area contributed by atoms with Gasteiger partial charge in [-0.3, -0.25) is 0 Å². The molecule has 0 aromatic carbocycles. The van der Waals surface area contributed by atoms with E-state index in [0.29, 0.717) is 5.69 Å². The number of hydrogen-bond donors (Lipinski definition) is 4. The number of aliphatic carboxylic acids is 1. The van der Waals surface area contributed by atoms with Gasteiger partial charge >= 0.3 is 12.0 Å². The zero-order valence-electron chi connectivity index (χ0n) is 8.93. The number of aromatic amines is 1. The first-order chi connectivity index (χ1) is 8.13. The molecule has 0 aliphatic rings. The Kier molecular flexibility index (Phi) is 4.57. The second-order valence-electron chi connectivity index (χ2n) is 3.20. The molecule has 90 valence electrons. The lowest BCUT2D eigenvalue weighted by atomic mass is 10.2. The third-order valence-electron chi connectivity index (χ3n) is 1.92. The Bertz CT molecular complexity index is 421. The van der Waals surface area contributed by atoms with Crippen LogP contribution in [0, 0.1) is 12.3 Å². The highest BCUT2D eigenvalue weighted by Crippen LogP contribution is 1.92. The third kappa shape index (κ3) is 4.25. The molecule has 1 aromatic heterocycles. The van der Waals surface area contributed by atoms with Gasteiger partial charge in [0.05, 0.1) is 18.6 Å². The molecular weight excluding hydrogens is 224 g/mol. The molecule has 4 N–H and O–H groups in total. The van der Waals surface area contributed by atoms with Crippen molar-refractivity contribution in [1.82, 2.24) is 20.6 Å². The van der Waals surface area contributed by atoms with E-state index in [0.717, 1.165) is 0 Å². The number of H-pyrrole nitrogens is 1. The van der Waals surface area contributed by atoms with Gasteiger partial charge in [0.2, 0.25) is 0 Å². The van der Waals surface area contributed by atoms with Crippen molar-refractivity contribution >= 4 is 12.0 Å². The average molecular weight is 236 g/mol. The molecule has 1 heterocycles. The second kappa shape index (κ2) is 6.17. The smallest absolute Gasteiger partial charge is 0.327 e. The van der Waals surface area contributed by atoms with E-state index in [9.17, 15) is 9.59 Å². The number of rotatable bonds is 5. The summed E-state index contributed by atoms with van der Waals surface area (Å²) in [5.41, 5.74) is 0.712. The maximum Gasteiger partial charge on any atom is 0.327 e. The summed E-state index contributed by atoms with van der Waals surface area (Å²) in [5, 5.41) is 13.5. The minimum atomic E-state index is -1.17. The fourth-order valence-electron chi connectivity index (χ4n) is 1.08. The summed E-state index contributed by atoms with van der Waals surface area (Å²) in [6, 6.07) is -1.68. The number of carbonyl (C=O) groups excluding carboxylic acids is 1. The van der Waals surface area contributed by atoms with E-state index in [1.165, 1.54) is 6.33 Å². The van der Waals surface area contributed by atoms with Gasteiger partial charge in [0.1, 0.15) is 6.04 Å². The van der Waals surface area contributed by atoms with Crippen LogP contribution in [0.1, 0.15) is 12.1 Å². The number of urea groups is 1. The van der Waals surface area contributed by atoms with E-state index in [-0.39, 0.29) is 13.0 Å². The number of carbonyl (C=O) groups is 2. The van der Waals surface area contributed by atoms with Gasteiger partial charge in [-0.05, 0) is 0 Å². The Balaban J connectivity index is 2.37. The second-order valence-corrected chi connectivity index (χ2v) is 3.20. The SMILES string of the molecule is C#CCC(NC(=O)NCc1cnc[nH]1)C(=O)O. The van der Waals surface area contributed by atoms with Gasteiger partial charge in [-0.25, -0.2) is 14.6 Å². The van der Waals surface area contributed by atoms with Crippen LogP contribution in [0.25, 0.3) is 0 Å². The highest BCUT2D eigenvalue weighted by molar-refractivity contribution is 5.82. The van der Waals surface area contributed by atoms with Crippen LogP contribution in [0.2, 0.25) is 0 Å². The maximum atomic E-state index is 11.3. The number of carboxylic acid groups (broad SMARTS) is 1. The molecule has 1 rings (SSSR count). The van der Waals surface area contributed by atoms with Crippen molar-refractivity contribution in [2.24, 2.45) is 0 Å². The third-order valence-corrected chi connectivity index (χ3v) is 1.92. The summed E-state index contributed by atoms with van der Waals surface area (Å²) < 4.78 is 0. The van der Waals surface area contributed by atoms with E-state index in [1.807, 2.05) is 0 Å². The highest BCUT2D eigenvalue weighted by Gasteiger charge is 2.18. The molecule has 7 heteroatoms. The molecule has 0 fully saturated rings. The van der Waals surface area contributed by atoms with Crippen LogP contribution in [0.15, 0.2) is 12.5 Å². The van der Waals surface area contributed by atoms with Gasteiger partial charge in [-0.1, -0.05) is 0 Å². The molecule has 17 heavy (non-hydrogen) atoms. The average Bonchev–Trinajstić information content (AvgIpc) is 2.78. The Morgan fingerprint density at radius 3 is 2.94 bits per heavy atom. The van der Waals surface area contributed by atoms with Crippen molar-refractivity contribution in [2.75, 3.05) is 0 Å². The van der Waals surface area contributed by atoms with E-state index in [4.69, 9.17) is 11.5 Å². The molecule has 0 aliphatic heterocycles. The first-order valence-electron chi connectivity index (χ1n) is 4.81. The van der Waals surface area contributed by atoms with Crippen LogP contribution in [-0.4, -0.2) is 33.1 Å². The molecule has 0 saturated carbocycles. The fourth-order valence-corrected chi connectivity index (χ4v) is 1.08. The van der Waals surface area contributed by atoms with Crippen molar-refractivity contribution in [3.63, 3.8) is 0 Å². The number of imidazole rings is 1. The number of amides is 2. The van der Waals surface area contributed by atoms with E-state index >= 15 is 0 Å². The van der Waals surface area contributed by atoms with Gasteiger partial charge < -0.3 is 20.7 Å². The quantitative estimate of drug-likeness (QED) is 0.526. The number of carboxylic acids is 1. The number of nitrogens with one attached hydrogen (secondary N) is 3. The predicted octanol–water partition coefficient (Wildman–Crippen LogP) is -0.315. The Morgan fingerprint density at radius 2 is 2.41 bits per heavy atom. The Labute approximate surface area is 97.6 Å². The van der Waals surface area contributed by atoms with Gasteiger partial charge in [-0.2, -0.15) is 0 Å². The molecular formula is C10H12N4O3. The standard InChI is InChI=1S/C10H12N4O3/c1-2-3-8(9(15)16)14-10(17)12-5-7-4-11-6-13-7/h1,4,6,8H,3,5H2,(H,11,13)(H,15,16)(H2,12,14,17). The first-order valence-corrected chi connectivity index (χ1v) is 4.81. The van der Waals surface area contributed by atoms with Crippen LogP contribution in [0.3, 0.4) is 0 Å². The van der Waals surface area contributed by atoms with Crippen LogP contribution in [0.5, 0.6) is 0 Å². The fraction of sp³-hybridized carbons (Fsp3) is 0.300. The molecule has 0 bridgehead atoms. The summed E-state index contributed by atoms with van der Waals surface area (Å²) in [5.74, 6) is 1.02. The van der Waals surface area contributed by atoms with Crippen molar-refractivity contribution in [3.8, 4) is 12.3 Å². The van der Waals surface area contributed by atoms with Crippen LogP contribution in [-0.2, 0) is 11.3 Å². The Morgan fingerprint density at radius 1 is 1.65 bits per heavy atom. The largest absolute Gasteiger partial charge is 0.480 e. The molecule has 0 radical (unpaired) electrons. The summed E-state index contributed by atoms with van der Waals surface area (Å²) >= 11 is 0. The van der Waals surface area contributed by atoms with E-state index < -0.39 is 18.0 Å². The van der Waals surface area contributed by atoms with Gasteiger partial charge in [0.25, 0.3) is 0 Å². The lowest BCUT2D eigenvalue weighted by molar-refractivity contribution is -0.139. The number of hydrogen-bond acceptors (Lipinski definition) is 3. The van der Waals surface area contributed by atoms with Crippen molar-refractivity contribution in [3.05, 3.63) is 18.2 Å². The zero-order valence-corrected chi connectivity index (χ0v) is 8.93. The van der Waals surface area contributed by atoms with Crippen LogP contribution in [0.4, 0.5) is 4.79 Å². The summed E-state index contributed by atoms with van der Waals surface area (Å²) in [7, 11) is 0. The van der Waals surface area contributed by atoms with E-state index in [1.54, 1.807) is 6.20 Å². The highest BCUT2D eigenvalue weighted by atomic mass is 16.4. The normalized spacial score (nSPS) is 11.2. The van der Waals surface area contributed by atoms with Crippen molar-refractivity contribution in [2.45, 2.75) is 19.0 Å². The van der Waals surface area contributed by atoms with Gasteiger partial charge in [0, 0.05) is 12.6 Å². The van der Waals surface area contributed by atoms with Crippen molar-refractivity contribution < 1.29 is 14.7 Å². The summed E-state index contributed by atoms with van der Waals surface area (Å²) in [4.78, 5) is 28.6. The molecule has 2 amide bonds. The molecule has 0 spiro atoms. The van der Waals surface area contributed by atoms with Gasteiger partial charge in [0.15, 0.2) is 0 Å². The molecule has 1 atom stereocenters.